The fourth-order valence-electron chi connectivity index (χ4n) is 4.85. The summed E-state index contributed by atoms with van der Waals surface area (Å²) in [4.78, 5) is 0. The van der Waals surface area contributed by atoms with Crippen molar-refractivity contribution in [2.45, 2.75) is 77.2 Å². The van der Waals surface area contributed by atoms with Gasteiger partial charge >= 0.3 is 0 Å². The molecule has 2 aliphatic rings. The molecule has 0 aromatic heterocycles. The Morgan fingerprint density at radius 2 is 1.64 bits per heavy atom. The summed E-state index contributed by atoms with van der Waals surface area (Å²) in [6.45, 7) is 3.31. The third-order valence-electron chi connectivity index (χ3n) is 6.52. The molecule has 1 saturated carbocycles. The van der Waals surface area contributed by atoms with Gasteiger partial charge in [-0.1, -0.05) is 38.3 Å². The van der Waals surface area contributed by atoms with Crippen LogP contribution in [0.1, 0.15) is 70.3 Å². The second-order valence-electron chi connectivity index (χ2n) is 8.27. The van der Waals surface area contributed by atoms with Gasteiger partial charge in [-0.2, -0.15) is 0 Å². The summed E-state index contributed by atoms with van der Waals surface area (Å²) in [6, 6.07) is 8.59. The van der Waals surface area contributed by atoms with Gasteiger partial charge in [0.1, 0.15) is 5.75 Å². The molecule has 0 radical (unpaired) electrons. The zero-order valence-corrected chi connectivity index (χ0v) is 16.2. The Kier molecular flexibility index (Phi) is 7.22. The van der Waals surface area contributed by atoms with E-state index in [1.54, 1.807) is 7.11 Å². The second-order valence-corrected chi connectivity index (χ2v) is 8.27. The van der Waals surface area contributed by atoms with Crippen molar-refractivity contribution < 1.29 is 9.47 Å². The van der Waals surface area contributed by atoms with Crippen LogP contribution in [0.3, 0.4) is 0 Å². The lowest BCUT2D eigenvalue weighted by Gasteiger charge is -2.38. The summed E-state index contributed by atoms with van der Waals surface area (Å²) in [5.41, 5.74) is 1.44. The van der Waals surface area contributed by atoms with Crippen molar-refractivity contribution in [2.24, 2.45) is 17.8 Å². The van der Waals surface area contributed by atoms with Crippen molar-refractivity contribution in [3.05, 3.63) is 29.8 Å². The molecule has 25 heavy (non-hydrogen) atoms. The minimum Gasteiger partial charge on any atom is -0.497 e. The normalized spacial score (nSPS) is 30.2. The number of aryl methyl sites for hydroxylation is 1. The van der Waals surface area contributed by atoms with E-state index in [-0.39, 0.29) is 0 Å². The lowest BCUT2D eigenvalue weighted by atomic mass is 9.75. The number of rotatable bonds is 7. The van der Waals surface area contributed by atoms with E-state index in [1.165, 1.54) is 69.8 Å². The van der Waals surface area contributed by atoms with Gasteiger partial charge in [-0.25, -0.2) is 0 Å². The van der Waals surface area contributed by atoms with Crippen molar-refractivity contribution in [3.63, 3.8) is 0 Å². The van der Waals surface area contributed by atoms with Crippen LogP contribution in [0.4, 0.5) is 0 Å². The minimum absolute atomic E-state index is 0.565. The van der Waals surface area contributed by atoms with Gasteiger partial charge in [0.25, 0.3) is 0 Å². The highest BCUT2D eigenvalue weighted by Crippen LogP contribution is 2.38. The lowest BCUT2D eigenvalue weighted by Crippen LogP contribution is -2.34. The maximum Gasteiger partial charge on any atom is 0.118 e. The molecule has 140 valence electrons. The first-order valence-corrected chi connectivity index (χ1v) is 10.5. The molecular formula is C23H36O2. The average molecular weight is 345 g/mol. The fourth-order valence-corrected chi connectivity index (χ4v) is 4.85. The van der Waals surface area contributed by atoms with E-state index < -0.39 is 0 Å². The quantitative estimate of drug-likeness (QED) is 0.601. The first kappa shape index (κ1) is 18.8. The number of hydrogen-bond acceptors (Lipinski definition) is 2. The number of benzene rings is 1. The Balaban J connectivity index is 1.36. The van der Waals surface area contributed by atoms with Crippen LogP contribution in [0.5, 0.6) is 5.75 Å². The van der Waals surface area contributed by atoms with Gasteiger partial charge in [-0.05, 0) is 80.4 Å². The predicted octanol–water partition coefficient (Wildman–Crippen LogP) is 6.03. The molecule has 2 nitrogen and oxygen atoms in total. The standard InChI is InChI=1S/C23H36O2/c1-3-4-20-11-16-23(25-17-20)21-12-7-18(8-13-21)5-6-19-9-14-22(24-2)15-10-19/h9-10,14-15,18,20-21,23H,3-8,11-13,16-17H2,1-2H3. The number of ether oxygens (including phenoxy) is 2. The van der Waals surface area contributed by atoms with E-state index in [1.807, 2.05) is 0 Å². The van der Waals surface area contributed by atoms with Crippen molar-refractivity contribution in [3.8, 4) is 5.75 Å². The molecule has 1 heterocycles. The first-order valence-electron chi connectivity index (χ1n) is 10.5. The van der Waals surface area contributed by atoms with Crippen LogP contribution in [0.15, 0.2) is 24.3 Å². The van der Waals surface area contributed by atoms with Crippen LogP contribution in [-0.2, 0) is 11.2 Å². The van der Waals surface area contributed by atoms with E-state index in [0.29, 0.717) is 6.10 Å². The molecule has 1 aliphatic carbocycles. The zero-order chi connectivity index (χ0) is 17.5. The molecule has 0 bridgehead atoms. The first-order chi connectivity index (χ1) is 12.3. The van der Waals surface area contributed by atoms with Crippen LogP contribution < -0.4 is 4.74 Å². The van der Waals surface area contributed by atoms with E-state index in [0.717, 1.165) is 30.1 Å². The van der Waals surface area contributed by atoms with Crippen LogP contribution in [0, 0.1) is 17.8 Å². The highest BCUT2D eigenvalue weighted by Gasteiger charge is 2.31. The fraction of sp³-hybridized carbons (Fsp3) is 0.739. The molecule has 1 aliphatic heterocycles. The van der Waals surface area contributed by atoms with E-state index in [4.69, 9.17) is 9.47 Å². The van der Waals surface area contributed by atoms with Gasteiger partial charge in [-0.3, -0.25) is 0 Å². The lowest BCUT2D eigenvalue weighted by molar-refractivity contribution is -0.0596. The van der Waals surface area contributed by atoms with Crippen molar-refractivity contribution in [2.75, 3.05) is 13.7 Å². The Hall–Kier alpha value is -1.02. The highest BCUT2D eigenvalue weighted by molar-refractivity contribution is 5.27. The van der Waals surface area contributed by atoms with Crippen LogP contribution in [-0.4, -0.2) is 19.8 Å². The number of hydrogen-bond donors (Lipinski definition) is 0. The molecule has 2 atom stereocenters. The summed E-state index contributed by atoms with van der Waals surface area (Å²) in [5, 5.41) is 0. The van der Waals surface area contributed by atoms with Crippen molar-refractivity contribution in [1.29, 1.82) is 0 Å². The monoisotopic (exact) mass is 344 g/mol. The third kappa shape index (κ3) is 5.48. The van der Waals surface area contributed by atoms with Crippen LogP contribution in [0.2, 0.25) is 0 Å². The maximum absolute atomic E-state index is 6.26. The van der Waals surface area contributed by atoms with E-state index in [9.17, 15) is 0 Å². The summed E-state index contributed by atoms with van der Waals surface area (Å²) >= 11 is 0. The summed E-state index contributed by atoms with van der Waals surface area (Å²) in [6.07, 6.45) is 14.0. The van der Waals surface area contributed by atoms with Crippen molar-refractivity contribution in [1.82, 2.24) is 0 Å². The molecule has 1 aromatic carbocycles. The molecule has 2 heteroatoms. The van der Waals surface area contributed by atoms with Crippen molar-refractivity contribution >= 4 is 0 Å². The molecule has 0 amide bonds. The molecule has 0 spiro atoms. The summed E-state index contributed by atoms with van der Waals surface area (Å²) in [5.74, 6) is 3.54. The molecular weight excluding hydrogens is 308 g/mol. The average Bonchev–Trinajstić information content (AvgIpc) is 2.68. The molecule has 1 aromatic rings. The maximum atomic E-state index is 6.26. The van der Waals surface area contributed by atoms with Gasteiger partial charge in [0, 0.05) is 6.61 Å². The summed E-state index contributed by atoms with van der Waals surface area (Å²) < 4.78 is 11.5. The predicted molar refractivity (Wildman–Crippen MR) is 104 cm³/mol. The van der Waals surface area contributed by atoms with Gasteiger partial charge in [0.15, 0.2) is 0 Å². The van der Waals surface area contributed by atoms with Crippen LogP contribution >= 0.6 is 0 Å². The molecule has 1 saturated heterocycles. The van der Waals surface area contributed by atoms with Gasteiger partial charge in [0.2, 0.25) is 0 Å². The molecule has 0 N–H and O–H groups in total. The largest absolute Gasteiger partial charge is 0.497 e. The van der Waals surface area contributed by atoms with Gasteiger partial charge in [-0.15, -0.1) is 0 Å². The Bertz CT molecular complexity index is 479. The van der Waals surface area contributed by atoms with E-state index >= 15 is 0 Å². The molecule has 2 fully saturated rings. The SMILES string of the molecule is CCCC1CCC(C2CCC(CCc3ccc(OC)cc3)CC2)OC1. The zero-order valence-electron chi connectivity index (χ0n) is 16.2. The Labute approximate surface area is 154 Å². The Morgan fingerprint density at radius 3 is 2.24 bits per heavy atom. The van der Waals surface area contributed by atoms with Crippen LogP contribution in [0.25, 0.3) is 0 Å². The topological polar surface area (TPSA) is 18.5 Å². The van der Waals surface area contributed by atoms with E-state index in [2.05, 4.69) is 31.2 Å². The molecule has 3 rings (SSSR count). The Morgan fingerprint density at radius 1 is 0.920 bits per heavy atom. The third-order valence-corrected chi connectivity index (χ3v) is 6.52. The highest BCUT2D eigenvalue weighted by atomic mass is 16.5. The number of methoxy groups -OCH3 is 1. The smallest absolute Gasteiger partial charge is 0.118 e. The summed E-state index contributed by atoms with van der Waals surface area (Å²) in [7, 11) is 1.73. The second kappa shape index (κ2) is 9.62. The van der Waals surface area contributed by atoms with Gasteiger partial charge < -0.3 is 9.47 Å². The van der Waals surface area contributed by atoms with Gasteiger partial charge in [0.05, 0.1) is 13.2 Å². The minimum atomic E-state index is 0.565. The molecule has 2 unspecified atom stereocenters.